The van der Waals surface area contributed by atoms with Crippen molar-refractivity contribution in [2.75, 3.05) is 0 Å². The maximum atomic E-state index is 5.06. The van der Waals surface area contributed by atoms with E-state index in [1.54, 1.807) is 0 Å². The van der Waals surface area contributed by atoms with Gasteiger partial charge >= 0.3 is 62.1 Å². The Morgan fingerprint density at radius 1 is 0.630 bits per heavy atom. The molecular formula is C20H12Cl6Sb. The topological polar surface area (TPSA) is 0 Å². The Labute approximate surface area is 177 Å². The fourth-order valence-electron chi connectivity index (χ4n) is 3.58. The molecule has 0 heterocycles. The van der Waals surface area contributed by atoms with Crippen molar-refractivity contribution >= 4 is 101 Å². The molecule has 0 amide bonds. The Bertz CT molecular complexity index is 1240. The van der Waals surface area contributed by atoms with E-state index in [0.29, 0.717) is 0 Å². The van der Waals surface area contributed by atoms with Crippen LogP contribution in [-0.2, 0) is 0 Å². The van der Waals surface area contributed by atoms with Crippen LogP contribution in [0.1, 0.15) is 5.56 Å². The van der Waals surface area contributed by atoms with Gasteiger partial charge in [0.25, 0.3) is 0 Å². The minimum absolute atomic E-state index is 1.33. The zero-order valence-electron chi connectivity index (χ0n) is 13.6. The molecule has 1 radical (unpaired) electrons. The molecule has 4 aromatic rings. The summed E-state index contributed by atoms with van der Waals surface area (Å²) >= 11 is 0. The maximum absolute atomic E-state index is 5.42. The summed E-state index contributed by atoms with van der Waals surface area (Å²) in [7, 11) is 25.0. The van der Waals surface area contributed by atoms with Gasteiger partial charge in [-0.2, -0.15) is 0 Å². The number of halogens is 6. The van der Waals surface area contributed by atoms with Crippen LogP contribution < -0.4 is 5.22 Å². The number of hydrogen-bond donors (Lipinski definition) is 0. The van der Waals surface area contributed by atoms with Crippen LogP contribution in [0.25, 0.3) is 38.4 Å². The third kappa shape index (κ3) is 4.81. The van der Waals surface area contributed by atoms with E-state index in [9.17, 15) is 0 Å². The summed E-state index contributed by atoms with van der Waals surface area (Å²) in [5, 5.41) is 9.56. The summed E-state index contributed by atoms with van der Waals surface area (Å²) in [6.07, 6.45) is 6.61. The number of fused-ring (bicyclic) bond motifs is 2. The van der Waals surface area contributed by atoms with Crippen LogP contribution in [0.2, 0.25) is 0 Å². The van der Waals surface area contributed by atoms with E-state index < -0.39 is 9.14 Å². The van der Waals surface area contributed by atoms with Crippen LogP contribution in [0.15, 0.2) is 54.6 Å². The molecule has 4 aromatic carbocycles. The van der Waals surface area contributed by atoms with Crippen molar-refractivity contribution in [3.63, 3.8) is 0 Å². The Morgan fingerprint density at radius 2 is 1.15 bits per heavy atom. The summed E-state index contributed by atoms with van der Waals surface area (Å²) in [5.74, 6) is 0. The van der Waals surface area contributed by atoms with Crippen LogP contribution in [0.5, 0.6) is 0 Å². The van der Waals surface area contributed by atoms with Gasteiger partial charge in [0.2, 0.25) is 0 Å². The number of benzene rings is 4. The zero-order valence-corrected chi connectivity index (χ0v) is 20.7. The average molecular weight is 587 g/mol. The van der Waals surface area contributed by atoms with Crippen molar-refractivity contribution in [1.82, 2.24) is 0 Å². The van der Waals surface area contributed by atoms with E-state index in [-0.39, 0.29) is 0 Å². The first kappa shape index (κ1) is 20.4. The van der Waals surface area contributed by atoms with E-state index in [4.69, 9.17) is 53.0 Å². The molecule has 0 bridgehead atoms. The van der Waals surface area contributed by atoms with E-state index in [1.807, 2.05) is 0 Å². The Kier molecular flexibility index (Phi) is 4.75. The Hall–Kier alpha value is 0.0882. The monoisotopic (exact) mass is 583 g/mol. The van der Waals surface area contributed by atoms with Gasteiger partial charge in [0.05, 0.1) is 23.6 Å². The summed E-state index contributed by atoms with van der Waals surface area (Å²) in [6, 6.07) is 19.8. The van der Waals surface area contributed by atoms with Gasteiger partial charge in [0.15, 0.2) is 0 Å². The third-order valence-electron chi connectivity index (χ3n) is 4.39. The molecular weight excluding hydrogens is 575 g/mol. The quantitative estimate of drug-likeness (QED) is 0.0844. The Morgan fingerprint density at radius 3 is 1.78 bits per heavy atom. The normalized spacial score (nSPS) is 16.1. The molecule has 1 aliphatic rings. The fourth-order valence-corrected chi connectivity index (χ4v) is 3.58. The van der Waals surface area contributed by atoms with Gasteiger partial charge in [-0.1, -0.05) is 48.5 Å². The third-order valence-corrected chi connectivity index (χ3v) is 4.39. The van der Waals surface area contributed by atoms with Crippen molar-refractivity contribution in [2.45, 2.75) is 0 Å². The molecule has 0 saturated carbocycles. The second-order valence-electron chi connectivity index (χ2n) is 6.38. The second kappa shape index (κ2) is 6.29. The molecule has 7 heteroatoms. The summed E-state index contributed by atoms with van der Waals surface area (Å²) < 4.78 is 0. The molecule has 139 valence electrons. The van der Waals surface area contributed by atoms with Crippen LogP contribution in [0, 0.1) is 12.8 Å². The van der Waals surface area contributed by atoms with E-state index >= 15 is 0 Å². The van der Waals surface area contributed by atoms with Gasteiger partial charge in [-0.05, 0) is 16.8 Å². The van der Waals surface area contributed by atoms with Crippen molar-refractivity contribution in [2.24, 2.45) is 0 Å². The van der Waals surface area contributed by atoms with Crippen LogP contribution >= 0.6 is 53.0 Å². The van der Waals surface area contributed by atoms with Crippen molar-refractivity contribution in [3.8, 4) is 0 Å². The number of rotatable bonds is 0. The molecule has 0 fully saturated rings. The van der Waals surface area contributed by atoms with Gasteiger partial charge < -0.3 is 0 Å². The Balaban J connectivity index is 0.000000224. The van der Waals surface area contributed by atoms with Crippen LogP contribution in [0.3, 0.4) is 0 Å². The summed E-state index contributed by atoms with van der Waals surface area (Å²) in [5.41, 5.74) is 1.33. The molecule has 1 aliphatic carbocycles. The summed E-state index contributed by atoms with van der Waals surface area (Å²) in [6.45, 7) is 0. The first-order chi connectivity index (χ1) is 12.4. The predicted molar refractivity (Wildman–Crippen MR) is 127 cm³/mol. The standard InChI is InChI=1S/C20H12.6ClH.Sb/c1-5-13-6-2-11-17-18-12-4-8-14-7-3-10-16(20(14)18)15(9-1)19(13)17;;;;;;;/h1-12H;6*1H;/q+1;;;;;;;+5/p-6. The van der Waals surface area contributed by atoms with Crippen molar-refractivity contribution in [1.29, 1.82) is 0 Å². The van der Waals surface area contributed by atoms with Gasteiger partial charge in [0, 0.05) is 16.3 Å². The van der Waals surface area contributed by atoms with E-state index in [1.165, 1.54) is 43.1 Å². The van der Waals surface area contributed by atoms with Crippen LogP contribution in [-0.4, -0.2) is 9.14 Å². The first-order valence-corrected chi connectivity index (χ1v) is 27.4. The number of hydrogen-bond acceptors (Lipinski definition) is 0. The molecule has 0 atom stereocenters. The van der Waals surface area contributed by atoms with E-state index in [0.717, 1.165) is 0 Å². The van der Waals surface area contributed by atoms with Crippen molar-refractivity contribution < 1.29 is 0 Å². The van der Waals surface area contributed by atoms with E-state index in [2.05, 4.69) is 73.5 Å². The molecule has 0 N–H and O–H groups in total. The van der Waals surface area contributed by atoms with Gasteiger partial charge in [-0.15, -0.1) is 0 Å². The van der Waals surface area contributed by atoms with Gasteiger partial charge in [-0.3, -0.25) is 0 Å². The molecule has 27 heavy (non-hydrogen) atoms. The molecule has 0 aliphatic heterocycles. The van der Waals surface area contributed by atoms with Gasteiger partial charge in [-0.25, -0.2) is 0 Å². The van der Waals surface area contributed by atoms with Gasteiger partial charge in [0.1, 0.15) is 11.3 Å². The molecule has 0 spiro atoms. The molecule has 0 unspecified atom stereocenters. The fraction of sp³-hybridized carbons (Fsp3) is 0. The minimum atomic E-state index is -5.42. The molecule has 5 rings (SSSR count). The molecule has 0 aromatic heterocycles. The first-order valence-electron chi connectivity index (χ1n) is 7.99. The van der Waals surface area contributed by atoms with Crippen molar-refractivity contribution in [3.05, 3.63) is 78.2 Å². The SMILES string of the molecule is [CH]1[CH+]C=c2c3cccc4cccc(c5cccc1c25)c43.[Cl][Sb-]([Cl])([Cl])([Cl])([Cl])[Cl]. The molecule has 0 saturated heterocycles. The zero-order chi connectivity index (χ0) is 19.5. The van der Waals surface area contributed by atoms with Crippen LogP contribution in [0.4, 0.5) is 0 Å². The predicted octanol–water partition coefficient (Wildman–Crippen LogP) is 8.17. The molecule has 0 nitrogen and oxygen atoms in total. The summed E-state index contributed by atoms with van der Waals surface area (Å²) in [4.78, 5) is 0. The second-order valence-corrected chi connectivity index (χ2v) is 63.3. The average Bonchev–Trinajstić information content (AvgIpc) is 2.56.